The van der Waals surface area contributed by atoms with Crippen LogP contribution in [0, 0.1) is 5.92 Å². The number of thioether (sulfide) groups is 1. The van der Waals surface area contributed by atoms with E-state index in [4.69, 9.17) is 15.2 Å². The van der Waals surface area contributed by atoms with Crippen LogP contribution in [0.5, 0.6) is 0 Å². The summed E-state index contributed by atoms with van der Waals surface area (Å²) in [7, 11) is 0. The summed E-state index contributed by atoms with van der Waals surface area (Å²) < 4.78 is 15.0. The van der Waals surface area contributed by atoms with E-state index < -0.39 is 6.29 Å². The molecule has 2 heterocycles. The summed E-state index contributed by atoms with van der Waals surface area (Å²) in [5, 5.41) is 22.6. The third-order valence-electron chi connectivity index (χ3n) is 7.67. The zero-order valence-corrected chi connectivity index (χ0v) is 24.1. The first-order valence-electron chi connectivity index (χ1n) is 14.0. The van der Waals surface area contributed by atoms with E-state index in [9.17, 15) is 5.11 Å². The van der Waals surface area contributed by atoms with E-state index in [1.807, 2.05) is 66.7 Å². The van der Waals surface area contributed by atoms with E-state index in [0.29, 0.717) is 17.5 Å². The monoisotopic (exact) mass is 579 g/mol. The number of nitrogens with zero attached hydrogens (tertiary/aromatic N) is 4. The minimum atomic E-state index is -0.557. The average Bonchev–Trinajstić information content (AvgIpc) is 3.53. The highest BCUT2D eigenvalue weighted by molar-refractivity contribution is 7.99. The first-order valence-corrected chi connectivity index (χ1v) is 15.0. The fraction of sp³-hybridized carbons (Fsp3) is 0.242. The Kier molecular flexibility index (Phi) is 8.73. The summed E-state index contributed by atoms with van der Waals surface area (Å²) in [4.78, 5) is 0. The first kappa shape index (κ1) is 28.3. The number of rotatable bonds is 9. The van der Waals surface area contributed by atoms with Crippen molar-refractivity contribution >= 4 is 11.8 Å². The van der Waals surface area contributed by atoms with E-state index in [-0.39, 0.29) is 24.7 Å². The Labute approximate surface area is 249 Å². The van der Waals surface area contributed by atoms with Crippen molar-refractivity contribution in [3.05, 3.63) is 125 Å². The standard InChI is InChI=1S/C33H33N5O3S/c1-22-30(21-42-33-35-36-37-38(33)28-8-3-2-4-9-28)40-32(41-31(22)25-13-11-23(20-39)12-14-25)26-17-15-24(16-18-26)29-10-6-5-7-27(29)19-34/h2-18,22,30-32,39H,19-21,34H2,1H3. The van der Waals surface area contributed by atoms with Crippen LogP contribution in [-0.2, 0) is 22.6 Å². The molecule has 1 aliphatic rings. The van der Waals surface area contributed by atoms with Crippen molar-refractivity contribution in [3.63, 3.8) is 0 Å². The Bertz CT molecular complexity index is 1590. The summed E-state index contributed by atoms with van der Waals surface area (Å²) in [6.07, 6.45) is -0.905. The molecule has 4 atom stereocenters. The molecule has 3 N–H and O–H groups in total. The highest BCUT2D eigenvalue weighted by Crippen LogP contribution is 2.43. The number of ether oxygens (including phenoxy) is 2. The number of para-hydroxylation sites is 1. The Morgan fingerprint density at radius 2 is 1.57 bits per heavy atom. The minimum Gasteiger partial charge on any atom is -0.392 e. The Hall–Kier alpha value is -3.86. The fourth-order valence-electron chi connectivity index (χ4n) is 5.27. The average molecular weight is 580 g/mol. The molecular formula is C33H33N5O3S. The molecule has 0 spiro atoms. The Morgan fingerprint density at radius 1 is 0.857 bits per heavy atom. The molecule has 1 aromatic heterocycles. The van der Waals surface area contributed by atoms with Gasteiger partial charge in [-0.15, -0.1) is 5.10 Å². The molecule has 0 aliphatic carbocycles. The molecule has 5 aromatic rings. The van der Waals surface area contributed by atoms with Crippen LogP contribution in [0.3, 0.4) is 0 Å². The number of aliphatic hydroxyl groups excluding tert-OH is 1. The van der Waals surface area contributed by atoms with Crippen LogP contribution in [0.4, 0.5) is 0 Å². The van der Waals surface area contributed by atoms with Crippen molar-refractivity contribution in [1.82, 2.24) is 20.2 Å². The molecule has 1 saturated heterocycles. The van der Waals surface area contributed by atoms with Crippen molar-refractivity contribution in [2.24, 2.45) is 11.7 Å². The van der Waals surface area contributed by atoms with E-state index in [1.54, 1.807) is 16.4 Å². The Morgan fingerprint density at radius 3 is 2.31 bits per heavy atom. The molecule has 0 radical (unpaired) electrons. The quantitative estimate of drug-likeness (QED) is 0.209. The van der Waals surface area contributed by atoms with Gasteiger partial charge in [-0.1, -0.05) is 110 Å². The molecule has 9 heteroatoms. The Balaban J connectivity index is 1.26. The number of aromatic nitrogens is 4. The van der Waals surface area contributed by atoms with Gasteiger partial charge in [-0.3, -0.25) is 0 Å². The number of benzene rings is 4. The molecule has 4 unspecified atom stereocenters. The predicted molar refractivity (Wildman–Crippen MR) is 163 cm³/mol. The second kappa shape index (κ2) is 13.0. The van der Waals surface area contributed by atoms with Crippen LogP contribution in [0.1, 0.15) is 41.6 Å². The number of hydrogen-bond donors (Lipinski definition) is 2. The number of hydrogen-bond acceptors (Lipinski definition) is 8. The minimum absolute atomic E-state index is 0.00211. The molecule has 0 amide bonds. The maximum Gasteiger partial charge on any atom is 0.214 e. The summed E-state index contributed by atoms with van der Waals surface area (Å²) in [6.45, 7) is 2.63. The predicted octanol–water partition coefficient (Wildman–Crippen LogP) is 5.86. The van der Waals surface area contributed by atoms with E-state index in [2.05, 4.69) is 58.8 Å². The van der Waals surface area contributed by atoms with Gasteiger partial charge < -0.3 is 20.3 Å². The van der Waals surface area contributed by atoms with Crippen LogP contribution in [0.25, 0.3) is 16.8 Å². The summed E-state index contributed by atoms with van der Waals surface area (Å²) in [6, 6.07) is 34.3. The molecule has 214 valence electrons. The highest BCUT2D eigenvalue weighted by Gasteiger charge is 2.38. The van der Waals surface area contributed by atoms with E-state index in [1.165, 1.54) is 0 Å². The molecule has 0 bridgehead atoms. The first-order chi connectivity index (χ1) is 20.6. The maximum absolute atomic E-state index is 9.55. The zero-order valence-electron chi connectivity index (χ0n) is 23.3. The van der Waals surface area contributed by atoms with Gasteiger partial charge >= 0.3 is 0 Å². The van der Waals surface area contributed by atoms with Crippen LogP contribution >= 0.6 is 11.8 Å². The second-order valence-corrected chi connectivity index (χ2v) is 11.3. The van der Waals surface area contributed by atoms with Gasteiger partial charge in [0.25, 0.3) is 0 Å². The highest BCUT2D eigenvalue weighted by atomic mass is 32.2. The van der Waals surface area contributed by atoms with Crippen molar-refractivity contribution in [2.45, 2.75) is 43.7 Å². The molecule has 6 rings (SSSR count). The molecule has 8 nitrogen and oxygen atoms in total. The van der Waals surface area contributed by atoms with E-state index in [0.717, 1.165) is 39.1 Å². The molecule has 1 fully saturated rings. The van der Waals surface area contributed by atoms with Crippen LogP contribution in [0.15, 0.2) is 108 Å². The maximum atomic E-state index is 9.55. The lowest BCUT2D eigenvalue weighted by atomic mass is 9.91. The van der Waals surface area contributed by atoms with E-state index >= 15 is 0 Å². The number of aliphatic hydroxyl groups is 1. The van der Waals surface area contributed by atoms with Gasteiger partial charge in [0.2, 0.25) is 5.16 Å². The zero-order chi connectivity index (χ0) is 28.9. The van der Waals surface area contributed by atoms with Gasteiger partial charge in [0.15, 0.2) is 6.29 Å². The van der Waals surface area contributed by atoms with Gasteiger partial charge in [-0.2, -0.15) is 4.68 Å². The van der Waals surface area contributed by atoms with Gasteiger partial charge in [0.1, 0.15) is 0 Å². The van der Waals surface area contributed by atoms with Crippen molar-refractivity contribution in [3.8, 4) is 16.8 Å². The largest absolute Gasteiger partial charge is 0.392 e. The van der Waals surface area contributed by atoms with Gasteiger partial charge in [0, 0.05) is 23.8 Å². The molecule has 0 saturated carbocycles. The molecule has 42 heavy (non-hydrogen) atoms. The van der Waals surface area contributed by atoms with Crippen molar-refractivity contribution in [2.75, 3.05) is 5.75 Å². The van der Waals surface area contributed by atoms with Crippen LogP contribution in [-0.4, -0.2) is 37.2 Å². The lowest BCUT2D eigenvalue weighted by Gasteiger charge is -2.41. The number of nitrogens with two attached hydrogens (primary N) is 1. The lowest BCUT2D eigenvalue weighted by molar-refractivity contribution is -0.268. The third kappa shape index (κ3) is 6.01. The lowest BCUT2D eigenvalue weighted by Crippen LogP contribution is -2.38. The van der Waals surface area contributed by atoms with Crippen molar-refractivity contribution < 1.29 is 14.6 Å². The van der Waals surface area contributed by atoms with Crippen molar-refractivity contribution in [1.29, 1.82) is 0 Å². The summed E-state index contributed by atoms with van der Waals surface area (Å²) >= 11 is 1.56. The third-order valence-corrected chi connectivity index (χ3v) is 8.68. The fourth-order valence-corrected chi connectivity index (χ4v) is 6.32. The van der Waals surface area contributed by atoms with Gasteiger partial charge in [0.05, 0.1) is 24.5 Å². The summed E-state index contributed by atoms with van der Waals surface area (Å²) in [5.41, 5.74) is 13.1. The molecule has 4 aromatic carbocycles. The normalized spacial score (nSPS) is 20.5. The topological polar surface area (TPSA) is 108 Å². The van der Waals surface area contributed by atoms with Gasteiger partial charge in [-0.25, -0.2) is 0 Å². The van der Waals surface area contributed by atoms with Crippen LogP contribution in [0.2, 0.25) is 0 Å². The molecular weight excluding hydrogens is 546 g/mol. The molecule has 1 aliphatic heterocycles. The van der Waals surface area contributed by atoms with Gasteiger partial charge in [-0.05, 0) is 50.4 Å². The smallest absolute Gasteiger partial charge is 0.214 e. The SMILES string of the molecule is CC1C(CSc2nnnn2-c2ccccc2)OC(c2ccc(-c3ccccc3CN)cc2)OC1c1ccc(CO)cc1. The summed E-state index contributed by atoms with van der Waals surface area (Å²) in [5.74, 6) is 0.687. The number of tetrazole rings is 1. The van der Waals surface area contributed by atoms with Crippen LogP contribution < -0.4 is 5.73 Å². The second-order valence-electron chi connectivity index (χ2n) is 10.3.